The molecule has 4 heterocycles. The Morgan fingerprint density at radius 1 is 0.556 bits per heavy atom. The van der Waals surface area contributed by atoms with Crippen molar-refractivity contribution in [3.63, 3.8) is 0 Å². The Hall–Kier alpha value is -2.06. The summed E-state index contributed by atoms with van der Waals surface area (Å²) in [7, 11) is 0. The molecule has 0 amide bonds. The average molecular weight is 515 g/mol. The summed E-state index contributed by atoms with van der Waals surface area (Å²) in [6, 6.07) is 21.4. The summed E-state index contributed by atoms with van der Waals surface area (Å²) in [6.07, 6.45) is 4.74. The molecule has 2 spiro atoms. The molecule has 0 bridgehead atoms. The maximum atomic E-state index is 6.44. The van der Waals surface area contributed by atoms with Crippen LogP contribution in [0.3, 0.4) is 0 Å². The predicted octanol–water partition coefficient (Wildman–Crippen LogP) is 6.19. The third-order valence-corrected chi connectivity index (χ3v) is 11.9. The van der Waals surface area contributed by atoms with Crippen LogP contribution in [0.5, 0.6) is 0 Å². The highest BCUT2D eigenvalue weighted by atomic mass is 32.2. The molecule has 4 aliphatic heterocycles. The summed E-state index contributed by atoms with van der Waals surface area (Å²) in [5.74, 6) is -2.03. The van der Waals surface area contributed by atoms with Crippen LogP contribution in [0, 0.1) is 0 Å². The molecule has 6 aliphatic rings. The van der Waals surface area contributed by atoms with Crippen molar-refractivity contribution < 1.29 is 18.9 Å². The summed E-state index contributed by atoms with van der Waals surface area (Å²) in [5, 5.41) is 0. The summed E-state index contributed by atoms with van der Waals surface area (Å²) >= 11 is 3.91. The Morgan fingerprint density at radius 3 is 1.28 bits per heavy atom. The molecule has 8 rings (SSSR count). The molecule has 0 aromatic heterocycles. The van der Waals surface area contributed by atoms with Crippen LogP contribution in [-0.4, -0.2) is 47.5 Å². The molecule has 2 atom stereocenters. The van der Waals surface area contributed by atoms with E-state index < -0.39 is 11.6 Å². The van der Waals surface area contributed by atoms with Gasteiger partial charge in [0.25, 0.3) is 11.6 Å². The van der Waals surface area contributed by atoms with E-state index in [-0.39, 0.29) is 9.49 Å². The molecule has 0 N–H and O–H groups in total. The standard InChI is InChI=1S/C30H26O4S2/c1-27-21(17-23(35-27)19-9-5-3-6-10-19)25-26(30(33-15-16-34-30)29(25)31-13-14-32-29)22-18-24(36-28(22,27)2)20-11-7-4-8-12-20/h3-12,17-18H,13-16H2,1-2H3/t27-,28-/m1/s1. The number of ether oxygens (including phenoxy) is 4. The number of thioether (sulfide) groups is 2. The Bertz CT molecular complexity index is 1300. The minimum atomic E-state index is -1.01. The van der Waals surface area contributed by atoms with Gasteiger partial charge in [-0.2, -0.15) is 0 Å². The second-order valence-electron chi connectivity index (χ2n) is 10.2. The van der Waals surface area contributed by atoms with Crippen LogP contribution >= 0.6 is 23.5 Å². The molecule has 36 heavy (non-hydrogen) atoms. The molecule has 4 nitrogen and oxygen atoms in total. The average Bonchev–Trinajstić information content (AvgIpc) is 3.70. The molecule has 3 fully saturated rings. The zero-order valence-electron chi connectivity index (χ0n) is 20.2. The molecular weight excluding hydrogens is 488 g/mol. The minimum absolute atomic E-state index is 0.230. The van der Waals surface area contributed by atoms with E-state index in [1.165, 1.54) is 32.1 Å². The highest BCUT2D eigenvalue weighted by molar-refractivity contribution is 8.14. The van der Waals surface area contributed by atoms with Crippen LogP contribution < -0.4 is 0 Å². The summed E-state index contributed by atoms with van der Waals surface area (Å²) < 4.78 is 25.3. The first-order valence-electron chi connectivity index (χ1n) is 12.5. The van der Waals surface area contributed by atoms with Crippen molar-refractivity contribution in [3.8, 4) is 0 Å². The number of fused-ring (bicyclic) bond motifs is 7. The van der Waals surface area contributed by atoms with E-state index in [4.69, 9.17) is 18.9 Å². The van der Waals surface area contributed by atoms with Gasteiger partial charge < -0.3 is 18.9 Å². The lowest BCUT2D eigenvalue weighted by Crippen LogP contribution is -2.71. The second-order valence-corrected chi connectivity index (χ2v) is 13.1. The first kappa shape index (κ1) is 22.0. The van der Waals surface area contributed by atoms with E-state index in [0.29, 0.717) is 26.4 Å². The van der Waals surface area contributed by atoms with E-state index in [1.54, 1.807) is 0 Å². The monoisotopic (exact) mass is 514 g/mol. The van der Waals surface area contributed by atoms with Crippen molar-refractivity contribution in [1.29, 1.82) is 0 Å². The van der Waals surface area contributed by atoms with Gasteiger partial charge in [-0.25, -0.2) is 0 Å². The fourth-order valence-corrected chi connectivity index (χ4v) is 9.82. The van der Waals surface area contributed by atoms with E-state index in [2.05, 4.69) is 86.7 Å². The maximum absolute atomic E-state index is 6.44. The second kappa shape index (κ2) is 7.28. The first-order chi connectivity index (χ1) is 17.5. The van der Waals surface area contributed by atoms with Gasteiger partial charge in [0.15, 0.2) is 0 Å². The molecule has 2 aliphatic carbocycles. The van der Waals surface area contributed by atoms with Crippen molar-refractivity contribution >= 4 is 33.3 Å². The molecule has 6 heteroatoms. The Kier molecular flexibility index (Phi) is 4.44. The molecule has 0 radical (unpaired) electrons. The molecule has 0 unspecified atom stereocenters. The van der Waals surface area contributed by atoms with Crippen LogP contribution in [0.15, 0.2) is 95.1 Å². The van der Waals surface area contributed by atoms with Crippen molar-refractivity contribution in [2.45, 2.75) is 34.9 Å². The van der Waals surface area contributed by atoms with Gasteiger partial charge >= 0.3 is 0 Å². The van der Waals surface area contributed by atoms with E-state index in [1.807, 2.05) is 23.5 Å². The minimum Gasteiger partial charge on any atom is -0.339 e. The number of hydrogen-bond donors (Lipinski definition) is 0. The van der Waals surface area contributed by atoms with Crippen molar-refractivity contribution in [2.24, 2.45) is 0 Å². The van der Waals surface area contributed by atoms with E-state index in [0.717, 1.165) is 11.1 Å². The lowest BCUT2D eigenvalue weighted by Gasteiger charge is -2.61. The summed E-state index contributed by atoms with van der Waals surface area (Å²) in [5.41, 5.74) is 7.25. The van der Waals surface area contributed by atoms with E-state index in [9.17, 15) is 0 Å². The number of benzene rings is 2. The molecule has 1 saturated carbocycles. The van der Waals surface area contributed by atoms with Crippen molar-refractivity contribution in [2.75, 3.05) is 26.4 Å². The fourth-order valence-electron chi connectivity index (χ4n) is 6.68. The van der Waals surface area contributed by atoms with Gasteiger partial charge in [-0.15, -0.1) is 23.5 Å². The third-order valence-electron chi connectivity index (χ3n) is 8.50. The zero-order valence-corrected chi connectivity index (χ0v) is 21.8. The van der Waals surface area contributed by atoms with Crippen LogP contribution in [0.2, 0.25) is 0 Å². The predicted molar refractivity (Wildman–Crippen MR) is 144 cm³/mol. The fraction of sp³-hybridized carbons (Fsp3) is 0.333. The highest BCUT2D eigenvalue weighted by Gasteiger charge is 2.80. The van der Waals surface area contributed by atoms with Gasteiger partial charge in [0.2, 0.25) is 0 Å². The van der Waals surface area contributed by atoms with Gasteiger partial charge in [0.05, 0.1) is 35.9 Å². The normalized spacial score (nSPS) is 32.9. The Balaban J connectivity index is 1.40. The van der Waals surface area contributed by atoms with Gasteiger partial charge in [-0.3, -0.25) is 0 Å². The van der Waals surface area contributed by atoms with Gasteiger partial charge in [-0.05, 0) is 48.3 Å². The number of allylic oxidation sites excluding steroid dienone is 2. The number of rotatable bonds is 2. The molecule has 2 aromatic carbocycles. The Morgan fingerprint density at radius 2 is 0.917 bits per heavy atom. The first-order valence-corrected chi connectivity index (χ1v) is 14.1. The van der Waals surface area contributed by atoms with Crippen LogP contribution in [0.1, 0.15) is 25.0 Å². The summed E-state index contributed by atoms with van der Waals surface area (Å²) in [4.78, 5) is 2.55. The third kappa shape index (κ3) is 2.44. The lowest BCUT2D eigenvalue weighted by atomic mass is 9.58. The maximum Gasteiger partial charge on any atom is 0.257 e. The van der Waals surface area contributed by atoms with Crippen LogP contribution in [0.25, 0.3) is 9.81 Å². The molecule has 182 valence electrons. The zero-order chi connectivity index (χ0) is 24.2. The highest BCUT2D eigenvalue weighted by Crippen LogP contribution is 2.75. The molecular formula is C30H26O4S2. The summed E-state index contributed by atoms with van der Waals surface area (Å²) in [6.45, 7) is 6.91. The van der Waals surface area contributed by atoms with Gasteiger partial charge in [-0.1, -0.05) is 60.7 Å². The van der Waals surface area contributed by atoms with Crippen molar-refractivity contribution in [1.82, 2.24) is 0 Å². The van der Waals surface area contributed by atoms with Crippen molar-refractivity contribution in [3.05, 3.63) is 106 Å². The lowest BCUT2D eigenvalue weighted by molar-refractivity contribution is -0.337. The molecule has 2 aromatic rings. The topological polar surface area (TPSA) is 36.9 Å². The Labute approximate surface area is 219 Å². The van der Waals surface area contributed by atoms with Gasteiger partial charge in [0.1, 0.15) is 0 Å². The quantitative estimate of drug-likeness (QED) is 0.476. The van der Waals surface area contributed by atoms with Crippen LogP contribution in [-0.2, 0) is 18.9 Å². The SMILES string of the molecule is C[C@@]12SC(c3ccccc3)=CC1=C1C(=C3C=C(c4ccccc4)S[C@]32C)C2(OCCO2)C12OCCO2. The van der Waals surface area contributed by atoms with E-state index >= 15 is 0 Å². The smallest absolute Gasteiger partial charge is 0.257 e. The van der Waals surface area contributed by atoms with Gasteiger partial charge in [0, 0.05) is 21.0 Å². The van der Waals surface area contributed by atoms with Crippen LogP contribution in [0.4, 0.5) is 0 Å². The number of hydrogen-bond acceptors (Lipinski definition) is 6. The molecule has 2 saturated heterocycles. The largest absolute Gasteiger partial charge is 0.339 e.